The maximum absolute atomic E-state index is 14.4. The summed E-state index contributed by atoms with van der Waals surface area (Å²) in [5, 5.41) is 0. The topological polar surface area (TPSA) is 54.5 Å². The molecule has 0 radical (unpaired) electrons. The van der Waals surface area contributed by atoms with Gasteiger partial charge in [-0.1, -0.05) is 35.9 Å². The molecule has 144 valence electrons. The second kappa shape index (κ2) is 7.70. The van der Waals surface area contributed by atoms with Crippen LogP contribution in [0.15, 0.2) is 53.4 Å². The second-order valence-electron chi connectivity index (χ2n) is 6.92. The predicted molar refractivity (Wildman–Crippen MR) is 103 cm³/mol. The molecule has 2 aromatic rings. The van der Waals surface area contributed by atoms with Crippen LogP contribution in [-0.2, 0) is 20.2 Å². The molecule has 2 aromatic carbocycles. The van der Waals surface area contributed by atoms with E-state index in [1.807, 2.05) is 6.92 Å². The lowest BCUT2D eigenvalue weighted by Crippen LogP contribution is -2.53. The molecule has 0 aromatic heterocycles. The van der Waals surface area contributed by atoms with Gasteiger partial charge in [-0.3, -0.25) is 0 Å². The van der Waals surface area contributed by atoms with Crippen molar-refractivity contribution in [2.75, 3.05) is 19.0 Å². The number of carbonyl (C=O) groups is 1. The minimum absolute atomic E-state index is 0.0486. The van der Waals surface area contributed by atoms with Gasteiger partial charge >= 0.3 is 0 Å². The van der Waals surface area contributed by atoms with Gasteiger partial charge < -0.3 is 4.79 Å². The highest BCUT2D eigenvalue weighted by atomic mass is 35.5. The Bertz CT molecular complexity index is 932. The third-order valence-corrected chi connectivity index (χ3v) is 7.61. The molecule has 0 saturated carbocycles. The summed E-state index contributed by atoms with van der Waals surface area (Å²) in [4.78, 5) is 12.3. The zero-order valence-corrected chi connectivity index (χ0v) is 16.5. The number of benzene rings is 2. The van der Waals surface area contributed by atoms with Crippen molar-refractivity contribution in [1.29, 1.82) is 0 Å². The highest BCUT2D eigenvalue weighted by molar-refractivity contribution is 7.89. The van der Waals surface area contributed by atoms with Crippen LogP contribution < -0.4 is 0 Å². The van der Waals surface area contributed by atoms with Gasteiger partial charge in [-0.15, -0.1) is 11.6 Å². The molecule has 2 atom stereocenters. The van der Waals surface area contributed by atoms with Gasteiger partial charge in [-0.25, -0.2) is 12.8 Å². The van der Waals surface area contributed by atoms with Gasteiger partial charge in [0.2, 0.25) is 10.0 Å². The summed E-state index contributed by atoms with van der Waals surface area (Å²) < 4.78 is 41.7. The lowest BCUT2D eigenvalue weighted by Gasteiger charge is -2.43. The fourth-order valence-corrected chi connectivity index (χ4v) is 5.55. The molecule has 27 heavy (non-hydrogen) atoms. The molecular weight excluding hydrogens is 389 g/mol. The second-order valence-corrected chi connectivity index (χ2v) is 9.16. The van der Waals surface area contributed by atoms with Crippen LogP contribution in [0.2, 0.25) is 0 Å². The number of hydrogen-bond acceptors (Lipinski definition) is 3. The zero-order valence-electron chi connectivity index (χ0n) is 14.9. The van der Waals surface area contributed by atoms with Crippen LogP contribution in [0.3, 0.4) is 0 Å². The van der Waals surface area contributed by atoms with Crippen molar-refractivity contribution in [3.05, 3.63) is 65.5 Å². The average molecular weight is 410 g/mol. The highest BCUT2D eigenvalue weighted by Crippen LogP contribution is 2.41. The fraction of sp³-hybridized carbons (Fsp3) is 0.350. The number of halogens is 2. The van der Waals surface area contributed by atoms with E-state index in [0.717, 1.165) is 11.8 Å². The van der Waals surface area contributed by atoms with E-state index in [9.17, 15) is 17.6 Å². The van der Waals surface area contributed by atoms with Gasteiger partial charge in [0, 0.05) is 30.5 Å². The van der Waals surface area contributed by atoms with E-state index in [1.165, 1.54) is 10.4 Å². The minimum Gasteiger partial charge on any atom is -0.302 e. The van der Waals surface area contributed by atoms with Crippen molar-refractivity contribution >= 4 is 27.9 Å². The number of hydrogen-bond donors (Lipinski definition) is 0. The Morgan fingerprint density at radius 3 is 2.48 bits per heavy atom. The SMILES string of the molecule is Cc1ccc(S(=O)(=O)N2CCC(C=O)(c3ccccc3F)C(CCl)C2)cc1. The Morgan fingerprint density at radius 2 is 1.89 bits per heavy atom. The van der Waals surface area contributed by atoms with Crippen molar-refractivity contribution in [3.63, 3.8) is 0 Å². The van der Waals surface area contributed by atoms with Gasteiger partial charge in [0.25, 0.3) is 0 Å². The van der Waals surface area contributed by atoms with Crippen LogP contribution in [-0.4, -0.2) is 38.0 Å². The molecular formula is C20H21ClFNO3S. The van der Waals surface area contributed by atoms with Crippen LogP contribution in [0, 0.1) is 18.7 Å². The fourth-order valence-electron chi connectivity index (χ4n) is 3.69. The van der Waals surface area contributed by atoms with Gasteiger partial charge in [0.15, 0.2) is 0 Å². The number of alkyl halides is 1. The summed E-state index contributed by atoms with van der Waals surface area (Å²) in [6.07, 6.45) is 0.911. The lowest BCUT2D eigenvalue weighted by atomic mass is 9.67. The van der Waals surface area contributed by atoms with E-state index in [4.69, 9.17) is 11.6 Å². The number of carbonyl (C=O) groups excluding carboxylic acids is 1. The van der Waals surface area contributed by atoms with Crippen molar-refractivity contribution in [2.45, 2.75) is 23.7 Å². The normalized spacial score (nSPS) is 23.9. The quantitative estimate of drug-likeness (QED) is 0.560. The molecule has 1 aliphatic heterocycles. The van der Waals surface area contributed by atoms with E-state index >= 15 is 0 Å². The van der Waals surface area contributed by atoms with Gasteiger partial charge in [0.1, 0.15) is 12.1 Å². The molecule has 1 saturated heterocycles. The molecule has 0 amide bonds. The Hall–Kier alpha value is -1.76. The molecule has 1 heterocycles. The van der Waals surface area contributed by atoms with Gasteiger partial charge in [0.05, 0.1) is 10.3 Å². The van der Waals surface area contributed by atoms with Crippen molar-refractivity contribution in [3.8, 4) is 0 Å². The van der Waals surface area contributed by atoms with E-state index in [-0.39, 0.29) is 35.8 Å². The van der Waals surface area contributed by atoms with Crippen molar-refractivity contribution in [1.82, 2.24) is 4.31 Å². The maximum Gasteiger partial charge on any atom is 0.243 e. The third kappa shape index (κ3) is 3.53. The minimum atomic E-state index is -3.71. The first kappa shape index (κ1) is 20.0. The van der Waals surface area contributed by atoms with Crippen LogP contribution in [0.4, 0.5) is 4.39 Å². The third-order valence-electron chi connectivity index (χ3n) is 5.36. The summed E-state index contributed by atoms with van der Waals surface area (Å²) in [5.74, 6) is -0.954. The molecule has 4 nitrogen and oxygen atoms in total. The number of sulfonamides is 1. The number of aldehydes is 1. The first-order chi connectivity index (χ1) is 12.8. The molecule has 0 N–H and O–H groups in total. The summed E-state index contributed by atoms with van der Waals surface area (Å²) in [5.41, 5.74) is 0.107. The Balaban J connectivity index is 1.95. The molecule has 1 aliphatic rings. The zero-order chi connectivity index (χ0) is 19.7. The number of aryl methyl sites for hydroxylation is 1. The van der Waals surface area contributed by atoms with E-state index in [0.29, 0.717) is 0 Å². The predicted octanol–water partition coefficient (Wildman–Crippen LogP) is 3.52. The van der Waals surface area contributed by atoms with E-state index in [1.54, 1.807) is 42.5 Å². The monoisotopic (exact) mass is 409 g/mol. The van der Waals surface area contributed by atoms with Crippen molar-refractivity contribution < 1.29 is 17.6 Å². The molecule has 7 heteroatoms. The van der Waals surface area contributed by atoms with E-state index in [2.05, 4.69) is 0 Å². The smallest absolute Gasteiger partial charge is 0.243 e. The summed E-state index contributed by atoms with van der Waals surface area (Å²) >= 11 is 6.12. The van der Waals surface area contributed by atoms with Gasteiger partial charge in [-0.05, 0) is 31.5 Å². The van der Waals surface area contributed by atoms with Crippen LogP contribution in [0.1, 0.15) is 17.5 Å². The first-order valence-corrected chi connectivity index (χ1v) is 10.7. The van der Waals surface area contributed by atoms with E-state index < -0.39 is 27.2 Å². The molecule has 1 fully saturated rings. The average Bonchev–Trinajstić information content (AvgIpc) is 2.68. The van der Waals surface area contributed by atoms with Crippen molar-refractivity contribution in [2.24, 2.45) is 5.92 Å². The van der Waals surface area contributed by atoms with Crippen LogP contribution in [0.25, 0.3) is 0 Å². The Labute approximate surface area is 164 Å². The molecule has 0 bridgehead atoms. The first-order valence-electron chi connectivity index (χ1n) is 8.69. The summed E-state index contributed by atoms with van der Waals surface area (Å²) in [6, 6.07) is 12.7. The molecule has 0 spiro atoms. The number of nitrogens with zero attached hydrogens (tertiary/aromatic N) is 1. The Morgan fingerprint density at radius 1 is 1.22 bits per heavy atom. The van der Waals surface area contributed by atoms with Gasteiger partial charge in [-0.2, -0.15) is 4.31 Å². The molecule has 2 unspecified atom stereocenters. The molecule has 3 rings (SSSR count). The number of rotatable bonds is 5. The summed E-state index contributed by atoms with van der Waals surface area (Å²) in [6.45, 7) is 2.07. The molecule has 0 aliphatic carbocycles. The lowest BCUT2D eigenvalue weighted by molar-refractivity contribution is -0.115. The maximum atomic E-state index is 14.4. The number of piperidine rings is 1. The highest BCUT2D eigenvalue weighted by Gasteiger charge is 2.47. The standard InChI is InChI=1S/C20H21ClFNO3S/c1-15-6-8-17(9-7-15)27(25,26)23-11-10-20(14-24,16(12-21)13-23)18-4-2-3-5-19(18)22/h2-9,14,16H,10-13H2,1H3. The summed E-state index contributed by atoms with van der Waals surface area (Å²) in [7, 11) is -3.71. The largest absolute Gasteiger partial charge is 0.302 e. The van der Waals surface area contributed by atoms with Crippen LogP contribution in [0.5, 0.6) is 0 Å². The Kier molecular flexibility index (Phi) is 5.70. The van der Waals surface area contributed by atoms with Crippen LogP contribution >= 0.6 is 11.6 Å².